The molecule has 4 rings (SSSR count). The number of ether oxygens (including phenoxy) is 2. The molecule has 24 heavy (non-hydrogen) atoms. The smallest absolute Gasteiger partial charge is 0.436 e. The van der Waals surface area contributed by atoms with E-state index in [0.29, 0.717) is 30.3 Å². The van der Waals surface area contributed by atoms with E-state index >= 15 is 0 Å². The van der Waals surface area contributed by atoms with Crippen molar-refractivity contribution in [2.75, 3.05) is 18.1 Å². The molecule has 1 N–H and O–H groups in total. The molecular weight excluding hydrogens is 349 g/mol. The molecule has 2 saturated heterocycles. The number of halogens is 4. The Bertz CT molecular complexity index is 697. The number of nitrogens with zero attached hydrogens (tertiary/aromatic N) is 1. The maximum Gasteiger partial charge on any atom is 0.490 e. The first kappa shape index (κ1) is 16.0. The highest BCUT2D eigenvalue weighted by atomic mass is 35.5. The molecule has 0 spiro atoms. The van der Waals surface area contributed by atoms with Crippen LogP contribution in [0.5, 0.6) is 0 Å². The van der Waals surface area contributed by atoms with Crippen LogP contribution in [0.25, 0.3) is 0 Å². The van der Waals surface area contributed by atoms with E-state index in [9.17, 15) is 18.0 Å². The molecule has 3 aliphatic heterocycles. The lowest BCUT2D eigenvalue weighted by molar-refractivity contribution is -0.206. The van der Waals surface area contributed by atoms with Crippen LogP contribution in [0.1, 0.15) is 23.8 Å². The molecule has 0 aliphatic carbocycles. The quantitative estimate of drug-likeness (QED) is 0.819. The summed E-state index contributed by atoms with van der Waals surface area (Å²) in [5.74, 6) is -2.21. The number of alkyl halides is 3. The van der Waals surface area contributed by atoms with Gasteiger partial charge in [0.1, 0.15) is 0 Å². The fourth-order valence-corrected chi connectivity index (χ4v) is 3.82. The molecule has 3 atom stereocenters. The van der Waals surface area contributed by atoms with Gasteiger partial charge in [-0.15, -0.1) is 0 Å². The first-order valence-electron chi connectivity index (χ1n) is 7.54. The van der Waals surface area contributed by atoms with Gasteiger partial charge in [0, 0.05) is 18.7 Å². The minimum atomic E-state index is -5.02. The minimum Gasteiger partial charge on any atom is -0.436 e. The summed E-state index contributed by atoms with van der Waals surface area (Å²) in [6, 6.07) is 3.65. The lowest BCUT2D eigenvalue weighted by atomic mass is 10.1. The minimum absolute atomic E-state index is 0.163. The topological polar surface area (TPSA) is 50.8 Å². The fraction of sp³-hybridized carbons (Fsp3) is 0.533. The fourth-order valence-electron chi connectivity index (χ4n) is 3.52. The first-order chi connectivity index (χ1) is 11.3. The monoisotopic (exact) mass is 362 g/mol. The van der Waals surface area contributed by atoms with E-state index in [1.165, 1.54) is 0 Å². The van der Waals surface area contributed by atoms with Crippen molar-refractivity contribution in [1.82, 2.24) is 5.32 Å². The zero-order valence-electron chi connectivity index (χ0n) is 12.4. The lowest BCUT2D eigenvalue weighted by Gasteiger charge is -2.30. The summed E-state index contributed by atoms with van der Waals surface area (Å²) >= 11 is 6.35. The van der Waals surface area contributed by atoms with Gasteiger partial charge >= 0.3 is 12.1 Å². The number of morpholine rings is 1. The number of rotatable bonds is 2. The Balaban J connectivity index is 1.61. The Labute approximate surface area is 140 Å². The predicted molar refractivity (Wildman–Crippen MR) is 78.7 cm³/mol. The van der Waals surface area contributed by atoms with Crippen molar-refractivity contribution in [3.63, 3.8) is 0 Å². The number of carbonyl (C=O) groups excluding carboxylic acids is 1. The molecule has 2 bridgehead atoms. The van der Waals surface area contributed by atoms with Crippen molar-refractivity contribution in [1.29, 1.82) is 0 Å². The second-order valence-corrected chi connectivity index (χ2v) is 6.57. The standard InChI is InChI=1S/C15H14ClF3N2O3/c16-11-1-7-4-20-13(24-14(22)15(17,18)19)10(7)3-12(11)21-5-9-2-8(21)6-23-9/h1,3,8-9,13,20H,2,4-6H2/t8?,9?,13-/m0/s1. The largest absolute Gasteiger partial charge is 0.490 e. The highest BCUT2D eigenvalue weighted by Crippen LogP contribution is 2.41. The third-order valence-corrected chi connectivity index (χ3v) is 4.94. The van der Waals surface area contributed by atoms with E-state index in [1.807, 2.05) is 0 Å². The zero-order valence-corrected chi connectivity index (χ0v) is 13.2. The number of anilines is 1. The third-order valence-electron chi connectivity index (χ3n) is 4.64. The van der Waals surface area contributed by atoms with E-state index in [1.54, 1.807) is 12.1 Å². The molecule has 0 radical (unpaired) electrons. The van der Waals surface area contributed by atoms with Crippen LogP contribution in [0.15, 0.2) is 12.1 Å². The van der Waals surface area contributed by atoms with Gasteiger partial charge in [0.05, 0.1) is 29.5 Å². The van der Waals surface area contributed by atoms with Crippen molar-refractivity contribution < 1.29 is 27.4 Å². The second-order valence-electron chi connectivity index (χ2n) is 6.16. The Morgan fingerprint density at radius 1 is 1.42 bits per heavy atom. The van der Waals surface area contributed by atoms with Crippen molar-refractivity contribution in [2.24, 2.45) is 0 Å². The van der Waals surface area contributed by atoms with Crippen molar-refractivity contribution in [3.05, 3.63) is 28.3 Å². The van der Waals surface area contributed by atoms with E-state index in [0.717, 1.165) is 17.7 Å². The average Bonchev–Trinajstić information content (AvgIpc) is 3.21. The van der Waals surface area contributed by atoms with Crippen molar-refractivity contribution in [3.8, 4) is 0 Å². The summed E-state index contributed by atoms with van der Waals surface area (Å²) in [7, 11) is 0. The summed E-state index contributed by atoms with van der Waals surface area (Å²) in [4.78, 5) is 13.2. The molecule has 1 aromatic carbocycles. The van der Waals surface area contributed by atoms with Gasteiger partial charge < -0.3 is 14.4 Å². The molecule has 9 heteroatoms. The van der Waals surface area contributed by atoms with Crippen LogP contribution in [0, 0.1) is 0 Å². The summed E-state index contributed by atoms with van der Waals surface area (Å²) in [5.41, 5.74) is 1.97. The van der Waals surface area contributed by atoms with Crippen LogP contribution in [0.4, 0.5) is 18.9 Å². The maximum atomic E-state index is 12.4. The Hall–Kier alpha value is -1.51. The Morgan fingerprint density at radius 2 is 2.21 bits per heavy atom. The van der Waals surface area contributed by atoms with Crippen LogP contribution in [0.2, 0.25) is 5.02 Å². The maximum absolute atomic E-state index is 12.4. The molecule has 3 heterocycles. The van der Waals surface area contributed by atoms with E-state index in [4.69, 9.17) is 16.3 Å². The number of benzene rings is 1. The zero-order chi connectivity index (χ0) is 17.1. The van der Waals surface area contributed by atoms with Crippen LogP contribution < -0.4 is 10.2 Å². The molecular formula is C15H14ClF3N2O3. The van der Waals surface area contributed by atoms with E-state index in [-0.39, 0.29) is 12.1 Å². The van der Waals surface area contributed by atoms with E-state index in [2.05, 4.69) is 15.0 Å². The first-order valence-corrected chi connectivity index (χ1v) is 7.92. The molecule has 0 aromatic heterocycles. The number of esters is 1. The van der Waals surface area contributed by atoms with Gasteiger partial charge in [-0.1, -0.05) is 11.6 Å². The molecule has 2 unspecified atom stereocenters. The van der Waals surface area contributed by atoms with Crippen LogP contribution in [-0.4, -0.2) is 37.4 Å². The molecule has 130 valence electrons. The molecule has 5 nitrogen and oxygen atoms in total. The highest BCUT2D eigenvalue weighted by Gasteiger charge is 2.44. The summed E-state index contributed by atoms with van der Waals surface area (Å²) in [5, 5.41) is 3.29. The number of carbonyl (C=O) groups is 1. The second kappa shape index (κ2) is 5.50. The van der Waals surface area contributed by atoms with Gasteiger partial charge in [-0.3, -0.25) is 5.32 Å². The summed E-state index contributed by atoms with van der Waals surface area (Å²) < 4.78 is 47.4. The SMILES string of the molecule is O=C(O[C@@H]1NCc2cc(Cl)c(N3CC4CC3CO4)cc21)C(F)(F)F. The predicted octanol–water partition coefficient (Wildman–Crippen LogP) is 2.52. The highest BCUT2D eigenvalue weighted by molar-refractivity contribution is 6.33. The van der Waals surface area contributed by atoms with Gasteiger partial charge in [-0.05, 0) is 24.1 Å². The van der Waals surface area contributed by atoms with Crippen LogP contribution in [0.3, 0.4) is 0 Å². The van der Waals surface area contributed by atoms with Crippen molar-refractivity contribution >= 4 is 23.3 Å². The molecule has 3 aliphatic rings. The number of fused-ring (bicyclic) bond motifs is 3. The molecule has 1 aromatic rings. The molecule has 2 fully saturated rings. The molecule has 0 amide bonds. The van der Waals surface area contributed by atoms with Crippen LogP contribution >= 0.6 is 11.6 Å². The van der Waals surface area contributed by atoms with Crippen LogP contribution in [-0.2, 0) is 20.8 Å². The van der Waals surface area contributed by atoms with Gasteiger partial charge in [0.2, 0.25) is 0 Å². The Kier molecular flexibility index (Phi) is 3.67. The normalized spacial score (nSPS) is 28.3. The van der Waals surface area contributed by atoms with Crippen molar-refractivity contribution in [2.45, 2.75) is 37.5 Å². The third kappa shape index (κ3) is 2.62. The summed E-state index contributed by atoms with van der Waals surface area (Å²) in [6.07, 6.45) is -5.07. The number of hydrogen-bond donors (Lipinski definition) is 1. The van der Waals surface area contributed by atoms with Gasteiger partial charge in [-0.2, -0.15) is 13.2 Å². The van der Waals surface area contributed by atoms with Gasteiger partial charge in [-0.25, -0.2) is 4.79 Å². The van der Waals surface area contributed by atoms with Gasteiger partial charge in [0.15, 0.2) is 6.23 Å². The summed E-state index contributed by atoms with van der Waals surface area (Å²) in [6.45, 7) is 1.60. The number of hydrogen-bond acceptors (Lipinski definition) is 5. The number of nitrogens with one attached hydrogen (secondary N) is 1. The lowest BCUT2D eigenvalue weighted by Crippen LogP contribution is -2.37. The Morgan fingerprint density at radius 3 is 2.83 bits per heavy atom. The molecule has 0 saturated carbocycles. The van der Waals surface area contributed by atoms with E-state index < -0.39 is 18.4 Å². The average molecular weight is 363 g/mol. The van der Waals surface area contributed by atoms with Gasteiger partial charge in [0.25, 0.3) is 0 Å².